The summed E-state index contributed by atoms with van der Waals surface area (Å²) in [4.78, 5) is 0. The van der Waals surface area contributed by atoms with Crippen molar-refractivity contribution in [3.8, 4) is 0 Å². The molecule has 0 aromatic carbocycles. The minimum absolute atomic E-state index is 0.244. The molecule has 0 aromatic rings. The van der Waals surface area contributed by atoms with Crippen LogP contribution in [0.15, 0.2) is 0 Å². The zero-order valence-corrected chi connectivity index (χ0v) is 8.29. The smallest absolute Gasteiger partial charge is 0.0221 e. The van der Waals surface area contributed by atoms with Crippen LogP contribution >= 0.6 is 0 Å². The van der Waals surface area contributed by atoms with Gasteiger partial charge in [0.15, 0.2) is 0 Å². The lowest BCUT2D eigenvalue weighted by molar-refractivity contribution is 0.197. The van der Waals surface area contributed by atoms with Crippen molar-refractivity contribution >= 4 is 0 Å². The van der Waals surface area contributed by atoms with Gasteiger partial charge in [-0.25, -0.2) is 0 Å². The van der Waals surface area contributed by atoms with Crippen molar-refractivity contribution in [2.45, 2.75) is 51.6 Å². The number of rotatable bonds is 2. The van der Waals surface area contributed by atoms with Gasteiger partial charge in [0.1, 0.15) is 0 Å². The first-order valence-electron chi connectivity index (χ1n) is 5.20. The third-order valence-electron chi connectivity index (χ3n) is 3.38. The monoisotopic (exact) mass is 170 g/mol. The van der Waals surface area contributed by atoms with E-state index in [4.69, 9.17) is 11.5 Å². The number of nitrogens with two attached hydrogens (primary N) is 2. The van der Waals surface area contributed by atoms with E-state index < -0.39 is 0 Å². The van der Waals surface area contributed by atoms with Crippen molar-refractivity contribution in [3.63, 3.8) is 0 Å². The highest BCUT2D eigenvalue weighted by atomic mass is 14.8. The molecule has 2 nitrogen and oxygen atoms in total. The third kappa shape index (κ3) is 1.99. The van der Waals surface area contributed by atoms with E-state index in [-0.39, 0.29) is 12.1 Å². The van der Waals surface area contributed by atoms with Crippen molar-refractivity contribution in [2.75, 3.05) is 0 Å². The second-order valence-electron chi connectivity index (χ2n) is 4.16. The van der Waals surface area contributed by atoms with Crippen molar-refractivity contribution in [1.82, 2.24) is 0 Å². The van der Waals surface area contributed by atoms with Gasteiger partial charge < -0.3 is 11.5 Å². The summed E-state index contributed by atoms with van der Waals surface area (Å²) in [5.41, 5.74) is 12.0. The van der Waals surface area contributed by atoms with Gasteiger partial charge in [0.05, 0.1) is 0 Å². The quantitative estimate of drug-likeness (QED) is 0.659. The van der Waals surface area contributed by atoms with Gasteiger partial charge >= 0.3 is 0 Å². The van der Waals surface area contributed by atoms with Crippen LogP contribution < -0.4 is 11.5 Å². The first-order chi connectivity index (χ1) is 5.69. The molecule has 4 atom stereocenters. The topological polar surface area (TPSA) is 52.0 Å². The van der Waals surface area contributed by atoms with Crippen LogP contribution in [0.25, 0.3) is 0 Å². The van der Waals surface area contributed by atoms with Crippen LogP contribution in [0.4, 0.5) is 0 Å². The standard InChI is InChI=1S/C10H22N2/c1-3-7-5-8(4-2)10(12)9(11)6-7/h7-10H,3-6,11-12H2,1-2H3/t7-,8?,9?,10?/m0/s1. The molecule has 0 radical (unpaired) electrons. The molecule has 0 amide bonds. The molecule has 2 heteroatoms. The van der Waals surface area contributed by atoms with Crippen LogP contribution in [-0.4, -0.2) is 12.1 Å². The highest BCUT2D eigenvalue weighted by Gasteiger charge is 2.31. The first kappa shape index (κ1) is 10.0. The average molecular weight is 170 g/mol. The summed E-state index contributed by atoms with van der Waals surface area (Å²) in [6.07, 6.45) is 4.87. The highest BCUT2D eigenvalue weighted by molar-refractivity contribution is 4.90. The van der Waals surface area contributed by atoms with E-state index in [0.717, 1.165) is 12.3 Å². The fourth-order valence-electron chi connectivity index (χ4n) is 2.35. The summed E-state index contributed by atoms with van der Waals surface area (Å²) >= 11 is 0. The molecule has 12 heavy (non-hydrogen) atoms. The van der Waals surface area contributed by atoms with Gasteiger partial charge in [0.25, 0.3) is 0 Å². The van der Waals surface area contributed by atoms with Crippen LogP contribution in [0.3, 0.4) is 0 Å². The van der Waals surface area contributed by atoms with E-state index in [2.05, 4.69) is 13.8 Å². The SMILES string of the molecule is CCC1C[C@H](CC)CC(N)C1N. The fourth-order valence-corrected chi connectivity index (χ4v) is 2.35. The molecule has 0 bridgehead atoms. The second-order valence-corrected chi connectivity index (χ2v) is 4.16. The molecular weight excluding hydrogens is 148 g/mol. The Bertz CT molecular complexity index is 136. The predicted octanol–water partition coefficient (Wildman–Crippen LogP) is 1.49. The van der Waals surface area contributed by atoms with Crippen LogP contribution in [0.2, 0.25) is 0 Å². The summed E-state index contributed by atoms with van der Waals surface area (Å²) in [7, 11) is 0. The van der Waals surface area contributed by atoms with Gasteiger partial charge in [0.2, 0.25) is 0 Å². The van der Waals surface area contributed by atoms with E-state index in [1.807, 2.05) is 0 Å². The average Bonchev–Trinajstić information content (AvgIpc) is 2.09. The molecule has 72 valence electrons. The summed E-state index contributed by atoms with van der Waals surface area (Å²) < 4.78 is 0. The molecule has 0 spiro atoms. The van der Waals surface area contributed by atoms with Crippen LogP contribution in [-0.2, 0) is 0 Å². The molecule has 1 fully saturated rings. The predicted molar refractivity (Wildman–Crippen MR) is 52.7 cm³/mol. The highest BCUT2D eigenvalue weighted by Crippen LogP contribution is 2.31. The van der Waals surface area contributed by atoms with Crippen molar-refractivity contribution < 1.29 is 0 Å². The number of hydrogen-bond acceptors (Lipinski definition) is 2. The molecule has 4 N–H and O–H groups in total. The van der Waals surface area contributed by atoms with Gasteiger partial charge in [-0.15, -0.1) is 0 Å². The molecule has 1 saturated carbocycles. The van der Waals surface area contributed by atoms with Gasteiger partial charge in [-0.2, -0.15) is 0 Å². The fraction of sp³-hybridized carbons (Fsp3) is 1.00. The molecule has 0 saturated heterocycles. The lowest BCUT2D eigenvalue weighted by Crippen LogP contribution is -2.51. The summed E-state index contributed by atoms with van der Waals surface area (Å²) in [6.45, 7) is 4.47. The minimum Gasteiger partial charge on any atom is -0.326 e. The van der Waals surface area contributed by atoms with Crippen molar-refractivity contribution in [3.05, 3.63) is 0 Å². The van der Waals surface area contributed by atoms with Crippen molar-refractivity contribution in [1.29, 1.82) is 0 Å². The molecular formula is C10H22N2. The van der Waals surface area contributed by atoms with E-state index in [1.165, 1.54) is 19.3 Å². The Morgan fingerprint density at radius 3 is 2.25 bits per heavy atom. The van der Waals surface area contributed by atoms with E-state index in [0.29, 0.717) is 5.92 Å². The lowest BCUT2D eigenvalue weighted by Gasteiger charge is -2.37. The van der Waals surface area contributed by atoms with Crippen LogP contribution in [0.1, 0.15) is 39.5 Å². The van der Waals surface area contributed by atoms with Gasteiger partial charge in [0, 0.05) is 12.1 Å². The molecule has 0 aromatic heterocycles. The maximum absolute atomic E-state index is 6.02. The van der Waals surface area contributed by atoms with Gasteiger partial charge in [-0.1, -0.05) is 26.7 Å². The van der Waals surface area contributed by atoms with Crippen LogP contribution in [0, 0.1) is 11.8 Å². The summed E-state index contributed by atoms with van der Waals surface area (Å²) in [6, 6.07) is 0.492. The van der Waals surface area contributed by atoms with E-state index in [1.54, 1.807) is 0 Å². The Morgan fingerprint density at radius 2 is 1.75 bits per heavy atom. The molecule has 1 rings (SSSR count). The second kappa shape index (κ2) is 4.24. The summed E-state index contributed by atoms with van der Waals surface area (Å²) in [5, 5.41) is 0. The maximum atomic E-state index is 6.02. The Hall–Kier alpha value is -0.0800. The summed E-state index contributed by atoms with van der Waals surface area (Å²) in [5.74, 6) is 1.49. The van der Waals surface area contributed by atoms with Gasteiger partial charge in [-0.3, -0.25) is 0 Å². The largest absolute Gasteiger partial charge is 0.326 e. The van der Waals surface area contributed by atoms with Crippen LogP contribution in [0.5, 0.6) is 0 Å². The first-order valence-corrected chi connectivity index (χ1v) is 5.20. The zero-order chi connectivity index (χ0) is 9.14. The molecule has 1 aliphatic rings. The molecule has 0 heterocycles. The Kier molecular flexibility index (Phi) is 3.53. The Labute approximate surface area is 75.7 Å². The van der Waals surface area contributed by atoms with Gasteiger partial charge in [-0.05, 0) is 24.7 Å². The van der Waals surface area contributed by atoms with E-state index >= 15 is 0 Å². The molecule has 0 aliphatic heterocycles. The lowest BCUT2D eigenvalue weighted by atomic mass is 9.74. The maximum Gasteiger partial charge on any atom is 0.0221 e. The third-order valence-corrected chi connectivity index (χ3v) is 3.38. The Balaban J connectivity index is 2.52. The molecule has 1 aliphatic carbocycles. The Morgan fingerprint density at radius 1 is 1.08 bits per heavy atom. The minimum atomic E-state index is 0.244. The van der Waals surface area contributed by atoms with Crippen molar-refractivity contribution in [2.24, 2.45) is 23.3 Å². The number of hydrogen-bond donors (Lipinski definition) is 2. The van der Waals surface area contributed by atoms with E-state index in [9.17, 15) is 0 Å². The zero-order valence-electron chi connectivity index (χ0n) is 8.29. The molecule has 3 unspecified atom stereocenters. The normalized spacial score (nSPS) is 43.0.